The lowest BCUT2D eigenvalue weighted by Gasteiger charge is -2.17. The highest BCUT2D eigenvalue weighted by atomic mass is 35.5. The maximum Gasteiger partial charge on any atom is 0.251 e. The summed E-state index contributed by atoms with van der Waals surface area (Å²) < 4.78 is 0. The second-order valence-electron chi connectivity index (χ2n) is 4.43. The van der Waals surface area contributed by atoms with Crippen molar-refractivity contribution in [1.82, 2.24) is 4.90 Å². The maximum absolute atomic E-state index is 12.2. The predicted octanol–water partition coefficient (Wildman–Crippen LogP) is 3.69. The van der Waals surface area contributed by atoms with Crippen molar-refractivity contribution in [2.45, 2.75) is 32.7 Å². The fraction of sp³-hybridized carbons (Fsp3) is 0.462. The molecule has 0 saturated carbocycles. The fourth-order valence-corrected chi connectivity index (χ4v) is 3.28. The second kappa shape index (κ2) is 5.23. The molecule has 1 heterocycles. The van der Waals surface area contributed by atoms with E-state index in [-0.39, 0.29) is 5.91 Å². The van der Waals surface area contributed by atoms with Crippen molar-refractivity contribution in [3.8, 4) is 0 Å². The van der Waals surface area contributed by atoms with E-state index in [2.05, 4.69) is 18.4 Å². The summed E-state index contributed by atoms with van der Waals surface area (Å²) in [6.07, 6.45) is 2.69. The first-order valence-corrected chi connectivity index (χ1v) is 7.01. The molecule has 0 fully saturated rings. The van der Waals surface area contributed by atoms with Crippen molar-refractivity contribution in [1.29, 1.82) is 0 Å². The minimum atomic E-state index is 0.0836. The van der Waals surface area contributed by atoms with Gasteiger partial charge in [0.2, 0.25) is 0 Å². The molecule has 0 radical (unpaired) electrons. The fourth-order valence-electron chi connectivity index (χ4n) is 2.01. The van der Waals surface area contributed by atoms with E-state index in [9.17, 15) is 4.79 Å². The number of aryl methyl sites for hydroxylation is 1. The first-order chi connectivity index (χ1) is 8.09. The Bertz CT molecular complexity index is 464. The summed E-state index contributed by atoms with van der Waals surface area (Å²) >= 11 is 7.76. The molecule has 0 bridgehead atoms. The number of halogens is 1. The minimum absolute atomic E-state index is 0.0836. The van der Waals surface area contributed by atoms with E-state index in [1.807, 2.05) is 7.05 Å². The molecule has 0 saturated heterocycles. The van der Waals surface area contributed by atoms with E-state index >= 15 is 0 Å². The van der Waals surface area contributed by atoms with Gasteiger partial charge in [0, 0.05) is 22.5 Å². The number of carbonyl (C=O) groups is 1. The highest BCUT2D eigenvalue weighted by Crippen LogP contribution is 2.30. The monoisotopic (exact) mass is 269 g/mol. The van der Waals surface area contributed by atoms with Crippen LogP contribution in [0.5, 0.6) is 0 Å². The third kappa shape index (κ3) is 2.72. The van der Waals surface area contributed by atoms with E-state index in [1.165, 1.54) is 10.4 Å². The normalized spacial score (nSPS) is 15.5. The Morgan fingerprint density at radius 2 is 2.29 bits per heavy atom. The number of hydrogen-bond donors (Lipinski definition) is 0. The van der Waals surface area contributed by atoms with Gasteiger partial charge in [0.1, 0.15) is 0 Å². The van der Waals surface area contributed by atoms with Crippen molar-refractivity contribution >= 4 is 28.8 Å². The van der Waals surface area contributed by atoms with Crippen LogP contribution in [0.4, 0.5) is 0 Å². The average molecular weight is 270 g/mol. The van der Waals surface area contributed by atoms with Crippen molar-refractivity contribution in [2.24, 2.45) is 0 Å². The van der Waals surface area contributed by atoms with Gasteiger partial charge in [-0.1, -0.05) is 11.6 Å². The first-order valence-electron chi connectivity index (χ1n) is 5.75. The molecule has 2 nitrogen and oxygen atoms in total. The lowest BCUT2D eigenvalue weighted by atomic mass is 10.2. The van der Waals surface area contributed by atoms with E-state index in [0.717, 1.165) is 29.9 Å². The standard InChI is InChI=1S/C13H16ClNOS/c1-9-6-7-17-12(9)8-15(2)13(16)10-4-3-5-11(10)14/h6-7H,3-5,8H2,1-2H3. The van der Waals surface area contributed by atoms with Gasteiger partial charge in [0.05, 0.1) is 6.54 Å². The Labute approximate surface area is 111 Å². The van der Waals surface area contributed by atoms with Gasteiger partial charge in [-0.2, -0.15) is 0 Å². The van der Waals surface area contributed by atoms with E-state index in [1.54, 1.807) is 16.2 Å². The number of allylic oxidation sites excluding steroid dienone is 1. The third-order valence-corrected chi connectivity index (χ3v) is 4.53. The molecule has 1 aliphatic rings. The first kappa shape index (κ1) is 12.7. The number of nitrogens with zero attached hydrogens (tertiary/aromatic N) is 1. The van der Waals surface area contributed by atoms with Crippen LogP contribution in [-0.2, 0) is 11.3 Å². The van der Waals surface area contributed by atoms with Crippen LogP contribution in [0.15, 0.2) is 22.1 Å². The Morgan fingerprint density at radius 1 is 1.53 bits per heavy atom. The molecule has 0 aromatic carbocycles. The molecule has 1 aromatic heterocycles. The van der Waals surface area contributed by atoms with Gasteiger partial charge in [-0.15, -0.1) is 11.3 Å². The second-order valence-corrected chi connectivity index (χ2v) is 5.88. The van der Waals surface area contributed by atoms with Crippen LogP contribution in [0.1, 0.15) is 29.7 Å². The number of carbonyl (C=O) groups excluding carboxylic acids is 1. The van der Waals surface area contributed by atoms with Crippen molar-refractivity contribution < 1.29 is 4.79 Å². The molecule has 1 aromatic rings. The van der Waals surface area contributed by atoms with Gasteiger partial charge in [-0.3, -0.25) is 4.79 Å². The van der Waals surface area contributed by atoms with Crippen LogP contribution >= 0.6 is 22.9 Å². The highest BCUT2D eigenvalue weighted by molar-refractivity contribution is 7.10. The molecular weight excluding hydrogens is 254 g/mol. The lowest BCUT2D eigenvalue weighted by Crippen LogP contribution is -2.27. The summed E-state index contributed by atoms with van der Waals surface area (Å²) in [5.74, 6) is 0.0836. The zero-order chi connectivity index (χ0) is 12.4. The Morgan fingerprint density at radius 3 is 2.82 bits per heavy atom. The van der Waals surface area contributed by atoms with E-state index in [0.29, 0.717) is 6.54 Å². The largest absolute Gasteiger partial charge is 0.337 e. The quantitative estimate of drug-likeness (QED) is 0.820. The van der Waals surface area contributed by atoms with Crippen molar-refractivity contribution in [2.75, 3.05) is 7.05 Å². The summed E-state index contributed by atoms with van der Waals surface area (Å²) in [5, 5.41) is 2.81. The molecule has 1 aliphatic carbocycles. The maximum atomic E-state index is 12.2. The van der Waals surface area contributed by atoms with Crippen LogP contribution in [-0.4, -0.2) is 17.9 Å². The predicted molar refractivity (Wildman–Crippen MR) is 72.3 cm³/mol. The zero-order valence-corrected chi connectivity index (χ0v) is 11.7. The molecule has 92 valence electrons. The molecule has 2 rings (SSSR count). The van der Waals surface area contributed by atoms with Crippen molar-refractivity contribution in [3.63, 3.8) is 0 Å². The van der Waals surface area contributed by atoms with Crippen LogP contribution in [0.25, 0.3) is 0 Å². The molecule has 0 unspecified atom stereocenters. The van der Waals surface area contributed by atoms with Crippen LogP contribution in [0, 0.1) is 6.92 Å². The number of amides is 1. The topological polar surface area (TPSA) is 20.3 Å². The van der Waals surface area contributed by atoms with Gasteiger partial charge in [0.15, 0.2) is 0 Å². The summed E-state index contributed by atoms with van der Waals surface area (Å²) in [6.45, 7) is 2.75. The Balaban J connectivity index is 2.06. The molecule has 4 heteroatoms. The van der Waals surface area contributed by atoms with Gasteiger partial charge in [-0.25, -0.2) is 0 Å². The van der Waals surface area contributed by atoms with Gasteiger partial charge in [0.25, 0.3) is 5.91 Å². The third-order valence-electron chi connectivity index (χ3n) is 3.10. The number of likely N-dealkylation sites (N-methyl/N-ethyl adjacent to an activating group) is 1. The number of hydrogen-bond acceptors (Lipinski definition) is 2. The molecule has 0 atom stereocenters. The summed E-state index contributed by atoms with van der Waals surface area (Å²) in [6, 6.07) is 2.08. The van der Waals surface area contributed by atoms with E-state index < -0.39 is 0 Å². The van der Waals surface area contributed by atoms with Crippen molar-refractivity contribution in [3.05, 3.63) is 32.5 Å². The molecule has 1 amide bonds. The van der Waals surface area contributed by atoms with Gasteiger partial charge >= 0.3 is 0 Å². The average Bonchev–Trinajstić information content (AvgIpc) is 2.88. The summed E-state index contributed by atoms with van der Waals surface area (Å²) in [5.41, 5.74) is 2.06. The molecule has 0 aliphatic heterocycles. The Kier molecular flexibility index (Phi) is 3.89. The van der Waals surface area contributed by atoms with Gasteiger partial charge < -0.3 is 4.90 Å². The molecule has 0 N–H and O–H groups in total. The number of rotatable bonds is 3. The molecule has 0 spiro atoms. The zero-order valence-electron chi connectivity index (χ0n) is 10.1. The van der Waals surface area contributed by atoms with E-state index in [4.69, 9.17) is 11.6 Å². The van der Waals surface area contributed by atoms with Crippen LogP contribution in [0.3, 0.4) is 0 Å². The SMILES string of the molecule is Cc1ccsc1CN(C)C(=O)C1=C(Cl)CCC1. The minimum Gasteiger partial charge on any atom is -0.337 e. The Hall–Kier alpha value is -0.800. The van der Waals surface area contributed by atoms with Gasteiger partial charge in [-0.05, 0) is 43.2 Å². The molecular formula is C13H16ClNOS. The number of thiophene rings is 1. The summed E-state index contributed by atoms with van der Waals surface area (Å²) in [4.78, 5) is 15.2. The summed E-state index contributed by atoms with van der Waals surface area (Å²) in [7, 11) is 1.84. The molecule has 17 heavy (non-hydrogen) atoms. The smallest absolute Gasteiger partial charge is 0.251 e. The lowest BCUT2D eigenvalue weighted by molar-refractivity contribution is -0.126. The van der Waals surface area contributed by atoms with Crippen LogP contribution in [0.2, 0.25) is 0 Å². The highest BCUT2D eigenvalue weighted by Gasteiger charge is 2.22. The van der Waals surface area contributed by atoms with Crippen LogP contribution < -0.4 is 0 Å².